The number of halogens is 1. The second-order valence-electron chi connectivity index (χ2n) is 3.85. The second kappa shape index (κ2) is 7.59. The van der Waals surface area contributed by atoms with E-state index in [9.17, 15) is 14.4 Å². The van der Waals surface area contributed by atoms with Gasteiger partial charge in [0, 0.05) is 18.2 Å². The number of methoxy groups -OCH3 is 1. The highest BCUT2D eigenvalue weighted by Crippen LogP contribution is 2.09. The van der Waals surface area contributed by atoms with Gasteiger partial charge < -0.3 is 15.2 Å². The summed E-state index contributed by atoms with van der Waals surface area (Å²) in [5.74, 6) is -2.29. The minimum Gasteiger partial charge on any atom is -0.480 e. The van der Waals surface area contributed by atoms with Crippen LogP contribution in [0.15, 0.2) is 22.9 Å². The molecule has 1 amide bonds. The maximum atomic E-state index is 11.9. The fraction of sp³-hybridized carbons (Fsp3) is 0.333. The fourth-order valence-electron chi connectivity index (χ4n) is 1.41. The van der Waals surface area contributed by atoms with Crippen molar-refractivity contribution in [2.75, 3.05) is 7.11 Å². The van der Waals surface area contributed by atoms with E-state index in [4.69, 9.17) is 5.11 Å². The van der Waals surface area contributed by atoms with E-state index in [0.29, 0.717) is 4.60 Å². The van der Waals surface area contributed by atoms with Gasteiger partial charge in [-0.25, -0.2) is 9.78 Å². The molecule has 0 bridgehead atoms. The highest BCUT2D eigenvalue weighted by molar-refractivity contribution is 9.10. The summed E-state index contributed by atoms with van der Waals surface area (Å²) in [7, 11) is 1.21. The summed E-state index contributed by atoms with van der Waals surface area (Å²) < 4.78 is 4.89. The summed E-state index contributed by atoms with van der Waals surface area (Å²) in [6, 6.07) is 1.77. The minimum absolute atomic E-state index is 0.0417. The fourth-order valence-corrected chi connectivity index (χ4v) is 1.77. The maximum Gasteiger partial charge on any atom is 0.326 e. The lowest BCUT2D eigenvalue weighted by atomic mass is 10.1. The summed E-state index contributed by atoms with van der Waals surface area (Å²) in [5.41, 5.74) is 0.274. The Morgan fingerprint density at radius 2 is 2.20 bits per heavy atom. The topological polar surface area (TPSA) is 106 Å². The second-order valence-corrected chi connectivity index (χ2v) is 4.66. The van der Waals surface area contributed by atoms with Crippen LogP contribution in [-0.2, 0) is 14.3 Å². The van der Waals surface area contributed by atoms with Crippen molar-refractivity contribution in [3.63, 3.8) is 0 Å². The van der Waals surface area contributed by atoms with Gasteiger partial charge in [0.25, 0.3) is 5.91 Å². The number of esters is 1. The molecular formula is C12H13BrN2O5. The third-order valence-corrected chi connectivity index (χ3v) is 2.89. The van der Waals surface area contributed by atoms with Crippen molar-refractivity contribution in [2.45, 2.75) is 18.9 Å². The summed E-state index contributed by atoms with van der Waals surface area (Å²) in [5, 5.41) is 11.4. The van der Waals surface area contributed by atoms with Gasteiger partial charge in [-0.05, 0) is 34.5 Å². The van der Waals surface area contributed by atoms with E-state index in [2.05, 4.69) is 31.0 Å². The van der Waals surface area contributed by atoms with Crippen LogP contribution < -0.4 is 5.32 Å². The van der Waals surface area contributed by atoms with E-state index in [0.717, 1.165) is 0 Å². The number of hydrogen-bond donors (Lipinski definition) is 2. The third kappa shape index (κ3) is 4.96. The molecule has 1 aromatic rings. The van der Waals surface area contributed by atoms with Gasteiger partial charge in [0.05, 0.1) is 7.11 Å². The van der Waals surface area contributed by atoms with Gasteiger partial charge >= 0.3 is 11.9 Å². The smallest absolute Gasteiger partial charge is 0.326 e. The van der Waals surface area contributed by atoms with Crippen molar-refractivity contribution >= 4 is 33.8 Å². The molecule has 0 saturated carbocycles. The molecule has 0 aromatic carbocycles. The molecule has 20 heavy (non-hydrogen) atoms. The van der Waals surface area contributed by atoms with E-state index in [1.54, 1.807) is 0 Å². The van der Waals surface area contributed by atoms with Gasteiger partial charge in [0.15, 0.2) is 0 Å². The lowest BCUT2D eigenvalue weighted by Crippen LogP contribution is -2.41. The number of aromatic nitrogens is 1. The molecule has 0 saturated heterocycles. The molecule has 0 aliphatic carbocycles. The Labute approximate surface area is 123 Å². The van der Waals surface area contributed by atoms with Crippen LogP contribution in [0.5, 0.6) is 0 Å². The Kier molecular flexibility index (Phi) is 6.10. The average molecular weight is 345 g/mol. The zero-order valence-electron chi connectivity index (χ0n) is 10.6. The Balaban J connectivity index is 2.68. The predicted molar refractivity (Wildman–Crippen MR) is 72.1 cm³/mol. The van der Waals surface area contributed by atoms with Gasteiger partial charge in [-0.1, -0.05) is 0 Å². The number of aliphatic carboxylic acids is 1. The molecular weight excluding hydrogens is 332 g/mol. The number of hydrogen-bond acceptors (Lipinski definition) is 5. The molecule has 1 aromatic heterocycles. The van der Waals surface area contributed by atoms with Crippen molar-refractivity contribution in [1.82, 2.24) is 10.3 Å². The van der Waals surface area contributed by atoms with Crippen molar-refractivity contribution in [3.05, 3.63) is 28.5 Å². The number of nitrogens with one attached hydrogen (secondary N) is 1. The normalized spacial score (nSPS) is 11.5. The number of carboxylic acids is 1. The predicted octanol–water partition coefficient (Wildman–Crippen LogP) is 0.980. The molecule has 1 atom stereocenters. The highest BCUT2D eigenvalue weighted by Gasteiger charge is 2.22. The number of rotatable bonds is 6. The van der Waals surface area contributed by atoms with Crippen LogP contribution in [-0.4, -0.2) is 41.1 Å². The Hall–Kier alpha value is -1.96. The number of nitrogens with zero attached hydrogens (tertiary/aromatic N) is 1. The van der Waals surface area contributed by atoms with Crippen molar-refractivity contribution in [2.24, 2.45) is 0 Å². The molecule has 1 rings (SSSR count). The highest BCUT2D eigenvalue weighted by atomic mass is 79.9. The van der Waals surface area contributed by atoms with Crippen LogP contribution in [0.3, 0.4) is 0 Å². The van der Waals surface area contributed by atoms with Crippen LogP contribution in [0.25, 0.3) is 0 Å². The molecule has 0 radical (unpaired) electrons. The number of amides is 1. The van der Waals surface area contributed by atoms with Crippen LogP contribution in [0.4, 0.5) is 0 Å². The lowest BCUT2D eigenvalue weighted by Gasteiger charge is -2.13. The van der Waals surface area contributed by atoms with E-state index >= 15 is 0 Å². The first kappa shape index (κ1) is 16.1. The number of ether oxygens (including phenoxy) is 1. The standard InChI is InChI=1S/C12H13BrN2O5/c1-20-10(16)3-2-8(12(18)19)15-11(17)7-4-5-14-9(13)6-7/h4-6,8H,2-3H2,1H3,(H,15,17)(H,18,19). The Morgan fingerprint density at radius 3 is 2.75 bits per heavy atom. The van der Waals surface area contributed by atoms with Crippen LogP contribution in [0.2, 0.25) is 0 Å². The molecule has 1 unspecified atom stereocenters. The number of carbonyl (C=O) groups is 3. The van der Waals surface area contributed by atoms with Crippen molar-refractivity contribution in [3.8, 4) is 0 Å². The Morgan fingerprint density at radius 1 is 1.50 bits per heavy atom. The zero-order chi connectivity index (χ0) is 15.1. The summed E-state index contributed by atoms with van der Waals surface area (Å²) in [6.07, 6.45) is 1.29. The minimum atomic E-state index is -1.21. The molecule has 0 spiro atoms. The van der Waals surface area contributed by atoms with Gasteiger partial charge in [-0.2, -0.15) is 0 Å². The average Bonchev–Trinajstić information content (AvgIpc) is 2.42. The molecule has 0 fully saturated rings. The van der Waals surface area contributed by atoms with Crippen molar-refractivity contribution < 1.29 is 24.2 Å². The molecule has 8 heteroatoms. The van der Waals surface area contributed by atoms with Gasteiger partial charge in [0.2, 0.25) is 0 Å². The van der Waals surface area contributed by atoms with Crippen LogP contribution in [0, 0.1) is 0 Å². The van der Waals surface area contributed by atoms with E-state index in [1.165, 1.54) is 25.4 Å². The molecule has 0 aliphatic heterocycles. The first-order chi connectivity index (χ1) is 9.43. The van der Waals surface area contributed by atoms with Crippen LogP contribution in [0.1, 0.15) is 23.2 Å². The summed E-state index contributed by atoms with van der Waals surface area (Å²) >= 11 is 3.12. The molecule has 7 nitrogen and oxygen atoms in total. The maximum absolute atomic E-state index is 11.9. The SMILES string of the molecule is COC(=O)CCC(NC(=O)c1ccnc(Br)c1)C(=O)O. The van der Waals surface area contributed by atoms with E-state index in [1.807, 2.05) is 0 Å². The molecule has 1 heterocycles. The van der Waals surface area contributed by atoms with Crippen molar-refractivity contribution in [1.29, 1.82) is 0 Å². The molecule has 2 N–H and O–H groups in total. The van der Waals surface area contributed by atoms with Gasteiger partial charge in [-0.15, -0.1) is 0 Å². The van der Waals surface area contributed by atoms with E-state index < -0.39 is 23.9 Å². The van der Waals surface area contributed by atoms with E-state index in [-0.39, 0.29) is 18.4 Å². The number of pyridine rings is 1. The number of carbonyl (C=O) groups excluding carboxylic acids is 2. The summed E-state index contributed by atoms with van der Waals surface area (Å²) in [4.78, 5) is 37.8. The monoisotopic (exact) mass is 344 g/mol. The largest absolute Gasteiger partial charge is 0.480 e. The van der Waals surface area contributed by atoms with Crippen LogP contribution >= 0.6 is 15.9 Å². The molecule has 0 aliphatic rings. The quantitative estimate of drug-likeness (QED) is 0.588. The number of carboxylic acid groups (broad SMARTS) is 1. The summed E-state index contributed by atoms with van der Waals surface area (Å²) in [6.45, 7) is 0. The van der Waals surface area contributed by atoms with Gasteiger partial charge in [-0.3, -0.25) is 9.59 Å². The molecule has 108 valence electrons. The lowest BCUT2D eigenvalue weighted by molar-refractivity contribution is -0.142. The first-order valence-electron chi connectivity index (χ1n) is 5.66. The third-order valence-electron chi connectivity index (χ3n) is 2.46. The first-order valence-corrected chi connectivity index (χ1v) is 6.45. The zero-order valence-corrected chi connectivity index (χ0v) is 12.2. The van der Waals surface area contributed by atoms with Gasteiger partial charge in [0.1, 0.15) is 10.6 Å². The Bertz CT molecular complexity index is 520.